The fraction of sp³-hybridized carbons (Fsp3) is 0.0345. The quantitative estimate of drug-likeness (QED) is 0.230. The number of hydrogen-bond donors (Lipinski definition) is 1. The average molecular weight is 609 g/mol. The number of aromatic hydroxyl groups is 1. The number of benzene rings is 3. The fourth-order valence-electron chi connectivity index (χ4n) is 3.80. The van der Waals surface area contributed by atoms with E-state index in [-0.39, 0.29) is 26.8 Å². The predicted molar refractivity (Wildman–Crippen MR) is 128 cm³/mol. The molecule has 0 bridgehead atoms. The van der Waals surface area contributed by atoms with Gasteiger partial charge in [-0.05, 0) is 30.7 Å². The Morgan fingerprint density at radius 2 is 1.39 bits per heavy atom. The molecule has 0 saturated heterocycles. The summed E-state index contributed by atoms with van der Waals surface area (Å²) in [5.41, 5.74) is 7.38. The van der Waals surface area contributed by atoms with Gasteiger partial charge in [-0.15, -0.1) is 23.8 Å². The molecule has 164 valence electrons. The average Bonchev–Trinajstić information content (AvgIpc) is 2.86. The minimum Gasteiger partial charge on any atom is -0.507 e. The van der Waals surface area contributed by atoms with Crippen LogP contribution < -0.4 is 0 Å². The molecule has 3 nitrogen and oxygen atoms in total. The van der Waals surface area contributed by atoms with Gasteiger partial charge in [0, 0.05) is 44.2 Å². The Morgan fingerprint density at radius 1 is 0.667 bits per heavy atom. The van der Waals surface area contributed by atoms with Crippen molar-refractivity contribution in [3.63, 3.8) is 0 Å². The van der Waals surface area contributed by atoms with E-state index < -0.39 is 0 Å². The van der Waals surface area contributed by atoms with Gasteiger partial charge in [-0.2, -0.15) is 0 Å². The molecule has 2 heterocycles. The van der Waals surface area contributed by atoms with Crippen LogP contribution in [0.5, 0.6) is 5.75 Å². The summed E-state index contributed by atoms with van der Waals surface area (Å²) in [7, 11) is 0. The molecule has 5 aromatic rings. The molecule has 5 rings (SSSR count). The predicted octanol–water partition coefficient (Wildman–Crippen LogP) is 6.57. The minimum absolute atomic E-state index is 0. The van der Waals surface area contributed by atoms with Gasteiger partial charge in [0.2, 0.25) is 0 Å². The summed E-state index contributed by atoms with van der Waals surface area (Å²) in [5, 5.41) is 10.2. The van der Waals surface area contributed by atoms with E-state index in [1.165, 1.54) is 5.56 Å². The van der Waals surface area contributed by atoms with Crippen molar-refractivity contribution in [1.82, 2.24) is 9.97 Å². The minimum atomic E-state index is 0. The van der Waals surface area contributed by atoms with Crippen LogP contribution in [0, 0.1) is 6.07 Å². The van der Waals surface area contributed by atoms with E-state index in [0.717, 1.165) is 40.2 Å². The Hall–Kier alpha value is -3.55. The second-order valence-electron chi connectivity index (χ2n) is 7.57. The van der Waals surface area contributed by atoms with E-state index >= 15 is 0 Å². The smallest absolute Gasteiger partial charge is 0.124 e. The van der Waals surface area contributed by atoms with Crippen molar-refractivity contribution in [3.05, 3.63) is 127 Å². The summed E-state index contributed by atoms with van der Waals surface area (Å²) in [5.74, 6) is 0.216. The van der Waals surface area contributed by atoms with Crippen molar-refractivity contribution in [1.29, 1.82) is 0 Å². The molecule has 0 spiro atoms. The third-order valence-corrected chi connectivity index (χ3v) is 5.40. The Balaban J connectivity index is 0.00000259. The van der Waals surface area contributed by atoms with Crippen molar-refractivity contribution in [2.24, 2.45) is 0 Å². The van der Waals surface area contributed by atoms with Gasteiger partial charge >= 0.3 is 0 Å². The summed E-state index contributed by atoms with van der Waals surface area (Å²) in [4.78, 5) is 9.39. The van der Waals surface area contributed by atoms with Gasteiger partial charge < -0.3 is 5.11 Å². The molecule has 4 heteroatoms. The SMILES string of the molecule is Oc1ccccc1-c1cccc(-c2[c-]c(-c3ccccn3)c(Cc3ccccc3)cc2)n1.[Pt]. The van der Waals surface area contributed by atoms with E-state index in [0.29, 0.717) is 5.56 Å². The maximum atomic E-state index is 10.2. The van der Waals surface area contributed by atoms with Gasteiger partial charge in [-0.25, -0.2) is 0 Å². The van der Waals surface area contributed by atoms with Crippen molar-refractivity contribution < 1.29 is 26.2 Å². The normalized spacial score (nSPS) is 10.4. The van der Waals surface area contributed by atoms with Gasteiger partial charge in [0.1, 0.15) is 5.75 Å². The first-order chi connectivity index (χ1) is 15.8. The first-order valence-electron chi connectivity index (χ1n) is 10.5. The van der Waals surface area contributed by atoms with Crippen LogP contribution in [0.3, 0.4) is 0 Å². The van der Waals surface area contributed by atoms with Crippen LogP contribution in [-0.4, -0.2) is 15.1 Å². The monoisotopic (exact) mass is 608 g/mol. The van der Waals surface area contributed by atoms with Crippen LogP contribution in [0.4, 0.5) is 0 Å². The zero-order valence-corrected chi connectivity index (χ0v) is 20.0. The van der Waals surface area contributed by atoms with Crippen LogP contribution >= 0.6 is 0 Å². The largest absolute Gasteiger partial charge is 0.507 e. The number of aromatic nitrogens is 2. The van der Waals surface area contributed by atoms with E-state index in [4.69, 9.17) is 4.98 Å². The van der Waals surface area contributed by atoms with Crippen LogP contribution in [0.15, 0.2) is 109 Å². The van der Waals surface area contributed by atoms with E-state index in [9.17, 15) is 5.11 Å². The number of nitrogens with zero attached hydrogens (tertiary/aromatic N) is 2. The number of para-hydroxylation sites is 1. The van der Waals surface area contributed by atoms with Crippen LogP contribution in [0.2, 0.25) is 0 Å². The summed E-state index contributed by atoms with van der Waals surface area (Å²) < 4.78 is 0. The second-order valence-corrected chi connectivity index (χ2v) is 7.57. The van der Waals surface area contributed by atoms with Gasteiger partial charge in [0.05, 0.1) is 5.69 Å². The van der Waals surface area contributed by atoms with Crippen LogP contribution in [0.1, 0.15) is 11.1 Å². The first-order valence-corrected chi connectivity index (χ1v) is 10.5. The molecule has 0 aliphatic rings. The molecule has 0 fully saturated rings. The molecule has 0 aliphatic heterocycles. The molecule has 0 amide bonds. The number of hydrogen-bond acceptors (Lipinski definition) is 3. The zero-order chi connectivity index (χ0) is 21.8. The molecule has 2 aromatic heterocycles. The molecular formula is C29H21N2OPt-. The Bertz CT molecular complexity index is 1350. The molecule has 0 atom stereocenters. The molecule has 0 saturated carbocycles. The number of rotatable bonds is 5. The van der Waals surface area contributed by atoms with Gasteiger partial charge in [-0.1, -0.05) is 83.4 Å². The van der Waals surface area contributed by atoms with Gasteiger partial charge in [-0.3, -0.25) is 9.97 Å². The van der Waals surface area contributed by atoms with Crippen molar-refractivity contribution in [3.8, 4) is 39.5 Å². The van der Waals surface area contributed by atoms with Crippen molar-refractivity contribution in [2.45, 2.75) is 6.42 Å². The Kier molecular flexibility index (Phi) is 7.12. The Morgan fingerprint density at radius 3 is 2.18 bits per heavy atom. The number of phenolic OH excluding ortho intramolecular Hbond substituents is 1. The standard InChI is InChI=1S/C29H21N2O.Pt/c32-29-15-5-4-11-24(29)28-14-8-13-26(31-28)23-17-16-22(19-21-9-2-1-3-10-21)25(20-23)27-12-6-7-18-30-27;/h1-18,32H,19H2;/q-1;. The first kappa shape index (κ1) is 22.6. The van der Waals surface area contributed by atoms with Gasteiger partial charge in [0.25, 0.3) is 0 Å². The van der Waals surface area contributed by atoms with E-state index in [1.54, 1.807) is 18.3 Å². The zero-order valence-electron chi connectivity index (χ0n) is 17.8. The van der Waals surface area contributed by atoms with Gasteiger partial charge in [0.15, 0.2) is 0 Å². The van der Waals surface area contributed by atoms with Crippen molar-refractivity contribution in [2.75, 3.05) is 0 Å². The second kappa shape index (κ2) is 10.4. The third kappa shape index (κ3) is 5.10. The number of phenols is 1. The summed E-state index contributed by atoms with van der Waals surface area (Å²) in [6, 6.07) is 37.2. The van der Waals surface area contributed by atoms with E-state index in [2.05, 4.69) is 47.4 Å². The molecule has 0 aliphatic carbocycles. The summed E-state index contributed by atoms with van der Waals surface area (Å²) >= 11 is 0. The molecular weight excluding hydrogens is 587 g/mol. The Labute approximate surface area is 208 Å². The molecule has 3 aromatic carbocycles. The summed E-state index contributed by atoms with van der Waals surface area (Å²) in [6.07, 6.45) is 2.61. The van der Waals surface area contributed by atoms with E-state index in [1.807, 2.05) is 54.6 Å². The summed E-state index contributed by atoms with van der Waals surface area (Å²) in [6.45, 7) is 0. The molecule has 1 N–H and O–H groups in total. The third-order valence-electron chi connectivity index (χ3n) is 5.40. The number of pyridine rings is 2. The maximum absolute atomic E-state index is 10.2. The van der Waals surface area contributed by atoms with Crippen LogP contribution in [0.25, 0.3) is 33.8 Å². The molecule has 0 unspecified atom stereocenters. The van der Waals surface area contributed by atoms with Crippen LogP contribution in [-0.2, 0) is 27.5 Å². The fourth-order valence-corrected chi connectivity index (χ4v) is 3.80. The maximum Gasteiger partial charge on any atom is 0.124 e. The molecule has 0 radical (unpaired) electrons. The topological polar surface area (TPSA) is 46.0 Å². The van der Waals surface area contributed by atoms with Crippen molar-refractivity contribution >= 4 is 0 Å². The molecule has 33 heavy (non-hydrogen) atoms.